The number of aromatic hydroxyl groups is 1. The van der Waals surface area contributed by atoms with Crippen LogP contribution in [-0.4, -0.2) is 45.3 Å². The Balaban J connectivity index is 1.46. The zero-order valence-electron chi connectivity index (χ0n) is 22.9. The summed E-state index contributed by atoms with van der Waals surface area (Å²) in [5.41, 5.74) is 1.86. The first kappa shape index (κ1) is 27.2. The molecule has 5 rings (SSSR count). The number of amides is 1. The number of phenolic OH excluding ortho intramolecular Hbond substituents is 1. The Morgan fingerprint density at radius 2 is 1.34 bits per heavy atom. The monoisotopic (exact) mass is 517 g/mol. The Bertz CT molecular complexity index is 844. The van der Waals surface area contributed by atoms with Gasteiger partial charge >= 0.3 is 0 Å². The van der Waals surface area contributed by atoms with Gasteiger partial charge in [-0.25, -0.2) is 0 Å². The number of rotatable bonds is 5. The van der Waals surface area contributed by atoms with E-state index in [9.17, 15) is 9.90 Å². The van der Waals surface area contributed by atoms with Crippen LogP contribution in [-0.2, 0) is 15.6 Å². The third-order valence-corrected chi connectivity index (χ3v) is 11.3. The number of hydrogen-bond acceptors (Lipinski definition) is 4. The highest BCUT2D eigenvalue weighted by Crippen LogP contribution is 2.45. The predicted molar refractivity (Wildman–Crippen MR) is 152 cm³/mol. The molecular formula is C30H47NO2S2. The standard InChI is InChI=1S/C30H47NO2S2/c1-29(2,3)23-15-22(16-24(28(23)33)30(4,5)6)35-26-10-8-7-9-25(26)34-19-27(32)31-17-20-11-12-21(18-31)14-13-20/h15-16,20-21,25-26,33H,7-14,17-19H2,1-6H3/t20-,21+,25?,26?. The first-order chi connectivity index (χ1) is 16.4. The zero-order valence-corrected chi connectivity index (χ0v) is 24.5. The van der Waals surface area contributed by atoms with Crippen LogP contribution in [0, 0.1) is 11.8 Å². The molecule has 2 aliphatic carbocycles. The average molecular weight is 518 g/mol. The van der Waals surface area contributed by atoms with Gasteiger partial charge in [0.1, 0.15) is 5.75 Å². The minimum absolute atomic E-state index is 0.111. The quantitative estimate of drug-likeness (QED) is 0.433. The first-order valence-corrected chi connectivity index (χ1v) is 15.8. The maximum Gasteiger partial charge on any atom is 0.232 e. The molecule has 2 bridgehead atoms. The number of benzene rings is 1. The van der Waals surface area contributed by atoms with E-state index in [-0.39, 0.29) is 10.8 Å². The van der Waals surface area contributed by atoms with E-state index in [1.165, 1.54) is 56.3 Å². The molecule has 196 valence electrons. The summed E-state index contributed by atoms with van der Waals surface area (Å²) in [4.78, 5) is 16.7. The van der Waals surface area contributed by atoms with Crippen LogP contribution in [0.25, 0.3) is 0 Å². The van der Waals surface area contributed by atoms with Crippen LogP contribution in [0.4, 0.5) is 0 Å². The van der Waals surface area contributed by atoms with Crippen molar-refractivity contribution in [2.45, 2.75) is 119 Å². The van der Waals surface area contributed by atoms with Crippen molar-refractivity contribution >= 4 is 29.4 Å². The van der Waals surface area contributed by atoms with E-state index in [0.717, 1.165) is 36.1 Å². The Hall–Kier alpha value is -0.810. The maximum atomic E-state index is 13.2. The summed E-state index contributed by atoms with van der Waals surface area (Å²) in [7, 11) is 0. The normalized spacial score (nSPS) is 27.7. The van der Waals surface area contributed by atoms with Crippen LogP contribution in [0.2, 0.25) is 0 Å². The Morgan fingerprint density at radius 3 is 1.83 bits per heavy atom. The van der Waals surface area contributed by atoms with Crippen LogP contribution in [0.1, 0.15) is 104 Å². The number of phenols is 1. The van der Waals surface area contributed by atoms with Crippen LogP contribution in [0.15, 0.2) is 17.0 Å². The highest BCUT2D eigenvalue weighted by atomic mass is 32.2. The van der Waals surface area contributed by atoms with Crippen molar-refractivity contribution in [2.75, 3.05) is 18.8 Å². The molecule has 2 aliphatic heterocycles. The lowest BCUT2D eigenvalue weighted by atomic mass is 9.79. The van der Waals surface area contributed by atoms with Crippen molar-refractivity contribution in [1.29, 1.82) is 0 Å². The number of hydrogen-bond donors (Lipinski definition) is 1. The molecule has 4 fully saturated rings. The van der Waals surface area contributed by atoms with Crippen LogP contribution in [0.5, 0.6) is 5.75 Å². The van der Waals surface area contributed by atoms with E-state index in [2.05, 4.69) is 58.6 Å². The van der Waals surface area contributed by atoms with Crippen molar-refractivity contribution in [3.8, 4) is 5.75 Å². The first-order valence-electron chi connectivity index (χ1n) is 13.9. The number of fused-ring (bicyclic) bond motifs is 4. The van der Waals surface area contributed by atoms with E-state index in [4.69, 9.17) is 0 Å². The molecule has 5 heteroatoms. The van der Waals surface area contributed by atoms with Gasteiger partial charge in [-0.05, 0) is 73.3 Å². The fraction of sp³-hybridized carbons (Fsp3) is 0.767. The largest absolute Gasteiger partial charge is 0.507 e. The van der Waals surface area contributed by atoms with E-state index in [1.54, 1.807) is 0 Å². The summed E-state index contributed by atoms with van der Waals surface area (Å²) >= 11 is 3.90. The fourth-order valence-corrected chi connectivity index (χ4v) is 9.07. The summed E-state index contributed by atoms with van der Waals surface area (Å²) in [6, 6.07) is 4.45. The van der Waals surface area contributed by atoms with Gasteiger partial charge in [0.25, 0.3) is 0 Å². The van der Waals surface area contributed by atoms with E-state index >= 15 is 0 Å². The summed E-state index contributed by atoms with van der Waals surface area (Å²) in [6.45, 7) is 15.1. The number of carbonyl (C=O) groups excluding carboxylic acids is 1. The van der Waals surface area contributed by atoms with Gasteiger partial charge in [0, 0.05) is 39.6 Å². The van der Waals surface area contributed by atoms with Crippen molar-refractivity contribution in [3.63, 3.8) is 0 Å². The Kier molecular flexibility index (Phi) is 8.47. The van der Waals surface area contributed by atoms with Crippen LogP contribution >= 0.6 is 23.5 Å². The molecule has 1 N–H and O–H groups in total. The lowest BCUT2D eigenvalue weighted by Crippen LogP contribution is -2.37. The van der Waals surface area contributed by atoms with Crippen molar-refractivity contribution < 1.29 is 9.90 Å². The molecule has 1 aromatic carbocycles. The highest BCUT2D eigenvalue weighted by Gasteiger charge is 2.34. The SMILES string of the molecule is CC(C)(C)c1cc(SC2CCCCC2SCC(=O)N2C[C@H]3CC[C@H](CC3)C2)cc(C(C)(C)C)c1O. The number of nitrogens with zero attached hydrogens (tertiary/aromatic N) is 1. The highest BCUT2D eigenvalue weighted by molar-refractivity contribution is 8.04. The summed E-state index contributed by atoms with van der Waals surface area (Å²) in [5, 5.41) is 12.2. The second-order valence-corrected chi connectivity index (χ2v) is 15.9. The number of thioether (sulfide) groups is 2. The van der Waals surface area contributed by atoms with Gasteiger partial charge in [-0.1, -0.05) is 54.4 Å². The predicted octanol–water partition coefficient (Wildman–Crippen LogP) is 7.77. The van der Waals surface area contributed by atoms with Gasteiger partial charge in [-0.2, -0.15) is 0 Å². The lowest BCUT2D eigenvalue weighted by molar-refractivity contribution is -0.128. The second kappa shape index (κ2) is 10.9. The average Bonchev–Trinajstić information content (AvgIpc) is 3.12. The smallest absolute Gasteiger partial charge is 0.232 e. The zero-order chi connectivity index (χ0) is 25.4. The minimum atomic E-state index is -0.111. The van der Waals surface area contributed by atoms with Gasteiger partial charge in [-0.3, -0.25) is 4.79 Å². The molecule has 2 unspecified atom stereocenters. The lowest BCUT2D eigenvalue weighted by Gasteiger charge is -2.33. The molecule has 0 spiro atoms. The van der Waals surface area contributed by atoms with Crippen molar-refractivity contribution in [2.24, 2.45) is 11.8 Å². The molecule has 1 amide bonds. The van der Waals surface area contributed by atoms with E-state index in [0.29, 0.717) is 27.9 Å². The molecule has 2 heterocycles. The van der Waals surface area contributed by atoms with Crippen LogP contribution in [0.3, 0.4) is 0 Å². The maximum absolute atomic E-state index is 13.2. The van der Waals surface area contributed by atoms with E-state index < -0.39 is 0 Å². The summed E-state index contributed by atoms with van der Waals surface area (Å²) in [5.74, 6) is 2.95. The Morgan fingerprint density at radius 1 is 0.857 bits per heavy atom. The molecule has 3 nitrogen and oxygen atoms in total. The van der Waals surface area contributed by atoms with Gasteiger partial charge in [0.2, 0.25) is 5.91 Å². The molecule has 2 saturated heterocycles. The molecule has 2 atom stereocenters. The molecular weight excluding hydrogens is 470 g/mol. The minimum Gasteiger partial charge on any atom is -0.507 e. The third kappa shape index (κ3) is 6.74. The molecule has 0 aromatic heterocycles. The van der Waals surface area contributed by atoms with Crippen LogP contribution < -0.4 is 0 Å². The molecule has 1 aromatic rings. The molecule has 2 saturated carbocycles. The van der Waals surface area contributed by atoms with Crippen molar-refractivity contribution in [1.82, 2.24) is 4.90 Å². The summed E-state index contributed by atoms with van der Waals surface area (Å²) in [6.07, 6.45) is 10.2. The van der Waals surface area contributed by atoms with E-state index in [1.807, 2.05) is 23.5 Å². The van der Waals surface area contributed by atoms with Gasteiger partial charge in [-0.15, -0.1) is 23.5 Å². The molecule has 4 aliphatic rings. The number of carbonyl (C=O) groups is 1. The summed E-state index contributed by atoms with van der Waals surface area (Å²) < 4.78 is 0. The topological polar surface area (TPSA) is 40.5 Å². The fourth-order valence-electron chi connectivity index (χ4n) is 6.15. The van der Waals surface area contributed by atoms with Gasteiger partial charge < -0.3 is 10.0 Å². The van der Waals surface area contributed by atoms with Crippen molar-refractivity contribution in [3.05, 3.63) is 23.3 Å². The molecule has 35 heavy (non-hydrogen) atoms. The second-order valence-electron chi connectivity index (χ2n) is 13.3. The van der Waals surface area contributed by atoms with Gasteiger partial charge in [0.05, 0.1) is 5.75 Å². The van der Waals surface area contributed by atoms with Gasteiger partial charge in [0.15, 0.2) is 0 Å². The Labute approximate surface area is 222 Å². The third-order valence-electron chi connectivity index (χ3n) is 8.33. The molecule has 0 radical (unpaired) electrons.